The van der Waals surface area contributed by atoms with Crippen LogP contribution >= 0.6 is 0 Å². The van der Waals surface area contributed by atoms with Gasteiger partial charge in [-0.05, 0) is 12.5 Å². The highest BCUT2D eigenvalue weighted by atomic mass is 16.6. The smallest absolute Gasteiger partial charge is 0.269 e. The van der Waals surface area contributed by atoms with Crippen LogP contribution in [0.1, 0.15) is 30.2 Å². The molecule has 7 nitrogen and oxygen atoms in total. The highest BCUT2D eigenvalue weighted by Gasteiger charge is 2.09. The molecule has 7 heteroatoms. The lowest BCUT2D eigenvalue weighted by molar-refractivity contribution is -0.384. The molecule has 1 heterocycles. The second kappa shape index (κ2) is 4.92. The predicted molar refractivity (Wildman–Crippen MR) is 64.9 cm³/mol. The molecule has 0 aliphatic carbocycles. The summed E-state index contributed by atoms with van der Waals surface area (Å²) < 4.78 is 0. The number of nitrogens with one attached hydrogen (secondary N) is 1. The lowest BCUT2D eigenvalue weighted by atomic mass is 10.1. The van der Waals surface area contributed by atoms with Gasteiger partial charge in [0.2, 0.25) is 0 Å². The van der Waals surface area contributed by atoms with Crippen LogP contribution in [0, 0.1) is 10.1 Å². The van der Waals surface area contributed by atoms with Crippen molar-refractivity contribution in [3.05, 3.63) is 51.6 Å². The van der Waals surface area contributed by atoms with E-state index >= 15 is 0 Å². The Morgan fingerprint density at radius 2 is 2.11 bits per heavy atom. The standard InChI is InChI=1S/C11H13N5O2/c1-7(12)11-13-10(14-15-11)6-8-2-4-9(5-3-8)16(17)18/h2-5,7H,6,12H2,1H3,(H,13,14,15). The van der Waals surface area contributed by atoms with Gasteiger partial charge in [0.15, 0.2) is 5.82 Å². The largest absolute Gasteiger partial charge is 0.321 e. The van der Waals surface area contributed by atoms with E-state index in [0.29, 0.717) is 18.1 Å². The molecular weight excluding hydrogens is 234 g/mol. The summed E-state index contributed by atoms with van der Waals surface area (Å²) in [5.41, 5.74) is 6.65. The Labute approximate surface area is 103 Å². The van der Waals surface area contributed by atoms with Gasteiger partial charge in [-0.2, -0.15) is 5.10 Å². The monoisotopic (exact) mass is 247 g/mol. The summed E-state index contributed by atoms with van der Waals surface area (Å²) in [4.78, 5) is 14.3. The number of nitro benzene ring substituents is 1. The molecule has 1 aromatic heterocycles. The predicted octanol–water partition coefficient (Wildman–Crippen LogP) is 1.32. The zero-order valence-corrected chi connectivity index (χ0v) is 9.83. The van der Waals surface area contributed by atoms with Gasteiger partial charge in [0, 0.05) is 18.6 Å². The Kier molecular flexibility index (Phi) is 3.33. The van der Waals surface area contributed by atoms with Gasteiger partial charge in [0.05, 0.1) is 11.0 Å². The van der Waals surface area contributed by atoms with Crippen LogP contribution in [0.3, 0.4) is 0 Å². The SMILES string of the molecule is CC(N)c1n[nH]c(Cc2ccc([N+](=O)[O-])cc2)n1. The first-order chi connectivity index (χ1) is 8.56. The Balaban J connectivity index is 2.10. The van der Waals surface area contributed by atoms with Crippen LogP contribution in [0.5, 0.6) is 0 Å². The van der Waals surface area contributed by atoms with Crippen molar-refractivity contribution in [2.45, 2.75) is 19.4 Å². The van der Waals surface area contributed by atoms with Crippen LogP contribution in [0.2, 0.25) is 0 Å². The minimum atomic E-state index is -0.424. The second-order valence-electron chi connectivity index (χ2n) is 4.03. The number of rotatable bonds is 4. The highest BCUT2D eigenvalue weighted by molar-refractivity contribution is 5.33. The van der Waals surface area contributed by atoms with Crippen molar-refractivity contribution < 1.29 is 4.92 Å². The zero-order valence-electron chi connectivity index (χ0n) is 9.83. The molecule has 1 aromatic carbocycles. The van der Waals surface area contributed by atoms with E-state index in [-0.39, 0.29) is 11.7 Å². The molecule has 0 aliphatic heterocycles. The van der Waals surface area contributed by atoms with Crippen molar-refractivity contribution >= 4 is 5.69 Å². The van der Waals surface area contributed by atoms with E-state index in [2.05, 4.69) is 15.2 Å². The lowest BCUT2D eigenvalue weighted by Crippen LogP contribution is -2.06. The first kappa shape index (κ1) is 12.2. The van der Waals surface area contributed by atoms with Crippen LogP contribution in [0.15, 0.2) is 24.3 Å². The van der Waals surface area contributed by atoms with Crippen LogP contribution < -0.4 is 5.73 Å². The fraction of sp³-hybridized carbons (Fsp3) is 0.273. The van der Waals surface area contributed by atoms with E-state index in [9.17, 15) is 10.1 Å². The summed E-state index contributed by atoms with van der Waals surface area (Å²) in [5.74, 6) is 1.25. The highest BCUT2D eigenvalue weighted by Crippen LogP contribution is 2.14. The van der Waals surface area contributed by atoms with Gasteiger partial charge in [-0.1, -0.05) is 12.1 Å². The quantitative estimate of drug-likeness (QED) is 0.625. The Hall–Kier alpha value is -2.28. The van der Waals surface area contributed by atoms with Gasteiger partial charge >= 0.3 is 0 Å². The number of aromatic nitrogens is 3. The number of benzene rings is 1. The fourth-order valence-electron chi connectivity index (χ4n) is 1.52. The molecule has 3 N–H and O–H groups in total. The van der Waals surface area contributed by atoms with Crippen molar-refractivity contribution in [3.63, 3.8) is 0 Å². The third kappa shape index (κ3) is 2.69. The van der Waals surface area contributed by atoms with Gasteiger partial charge in [-0.3, -0.25) is 15.2 Å². The first-order valence-corrected chi connectivity index (χ1v) is 5.46. The summed E-state index contributed by atoms with van der Waals surface area (Å²) in [7, 11) is 0. The van der Waals surface area contributed by atoms with E-state index in [4.69, 9.17) is 5.73 Å². The van der Waals surface area contributed by atoms with Gasteiger partial charge in [0.1, 0.15) is 5.82 Å². The molecule has 0 saturated heterocycles. The summed E-state index contributed by atoms with van der Waals surface area (Å²) in [6, 6.07) is 6.13. The third-order valence-corrected chi connectivity index (χ3v) is 2.48. The van der Waals surface area contributed by atoms with Crippen LogP contribution in [-0.4, -0.2) is 20.1 Å². The van der Waals surface area contributed by atoms with Gasteiger partial charge in [-0.25, -0.2) is 4.98 Å². The molecule has 0 amide bonds. The van der Waals surface area contributed by atoms with E-state index in [1.165, 1.54) is 12.1 Å². The molecule has 0 bridgehead atoms. The molecule has 0 radical (unpaired) electrons. The topological polar surface area (TPSA) is 111 Å². The number of nitrogens with two attached hydrogens (primary N) is 1. The first-order valence-electron chi connectivity index (χ1n) is 5.46. The van der Waals surface area contributed by atoms with Crippen molar-refractivity contribution in [1.29, 1.82) is 0 Å². The summed E-state index contributed by atoms with van der Waals surface area (Å²) in [6.45, 7) is 1.80. The maximum atomic E-state index is 10.5. The molecule has 0 aliphatic rings. The van der Waals surface area contributed by atoms with Crippen LogP contribution in [0.4, 0.5) is 5.69 Å². The van der Waals surface area contributed by atoms with Crippen molar-refractivity contribution in [2.24, 2.45) is 5.73 Å². The normalized spacial score (nSPS) is 12.3. The Bertz CT molecular complexity index is 547. The number of hydrogen-bond acceptors (Lipinski definition) is 5. The average Bonchev–Trinajstić information content (AvgIpc) is 2.78. The molecule has 0 saturated carbocycles. The van der Waals surface area contributed by atoms with Gasteiger partial charge in [0.25, 0.3) is 5.69 Å². The number of hydrogen-bond donors (Lipinski definition) is 2. The van der Waals surface area contributed by atoms with Gasteiger partial charge in [-0.15, -0.1) is 0 Å². The maximum Gasteiger partial charge on any atom is 0.269 e. The van der Waals surface area contributed by atoms with E-state index in [1.807, 2.05) is 0 Å². The van der Waals surface area contributed by atoms with Crippen molar-refractivity contribution in [1.82, 2.24) is 15.2 Å². The van der Waals surface area contributed by atoms with Crippen molar-refractivity contribution in [2.75, 3.05) is 0 Å². The zero-order chi connectivity index (χ0) is 13.1. The van der Waals surface area contributed by atoms with Crippen LogP contribution in [0.25, 0.3) is 0 Å². The minimum Gasteiger partial charge on any atom is -0.321 e. The average molecular weight is 247 g/mol. The van der Waals surface area contributed by atoms with E-state index < -0.39 is 4.92 Å². The molecule has 94 valence electrons. The Morgan fingerprint density at radius 3 is 2.61 bits per heavy atom. The minimum absolute atomic E-state index is 0.0765. The summed E-state index contributed by atoms with van der Waals surface area (Å²) in [5, 5.41) is 17.3. The fourth-order valence-corrected chi connectivity index (χ4v) is 1.52. The summed E-state index contributed by atoms with van der Waals surface area (Å²) >= 11 is 0. The second-order valence-corrected chi connectivity index (χ2v) is 4.03. The maximum absolute atomic E-state index is 10.5. The third-order valence-electron chi connectivity index (χ3n) is 2.48. The molecule has 2 aromatic rings. The number of nitro groups is 1. The number of nitrogens with zero attached hydrogens (tertiary/aromatic N) is 3. The summed E-state index contributed by atoms with van der Waals surface area (Å²) in [6.07, 6.45) is 0.539. The van der Waals surface area contributed by atoms with Gasteiger partial charge < -0.3 is 5.73 Å². The molecule has 1 atom stereocenters. The Morgan fingerprint density at radius 1 is 1.44 bits per heavy atom. The number of aromatic amines is 1. The van der Waals surface area contributed by atoms with E-state index in [1.54, 1.807) is 19.1 Å². The van der Waals surface area contributed by atoms with Crippen molar-refractivity contribution in [3.8, 4) is 0 Å². The van der Waals surface area contributed by atoms with E-state index in [0.717, 1.165) is 5.56 Å². The molecule has 18 heavy (non-hydrogen) atoms. The lowest BCUT2D eigenvalue weighted by Gasteiger charge is -1.98. The number of non-ortho nitro benzene ring substituents is 1. The van der Waals surface area contributed by atoms with Crippen LogP contribution in [-0.2, 0) is 6.42 Å². The molecule has 0 spiro atoms. The molecule has 0 fully saturated rings. The number of H-pyrrole nitrogens is 1. The molecule has 2 rings (SSSR count). The molecular formula is C11H13N5O2. The molecule has 1 unspecified atom stereocenters.